The first-order valence-corrected chi connectivity index (χ1v) is 11.6. The molecule has 0 radical (unpaired) electrons. The van der Waals surface area contributed by atoms with Crippen molar-refractivity contribution in [2.45, 2.75) is 32.2 Å². The van der Waals surface area contributed by atoms with Crippen LogP contribution in [0.15, 0.2) is 38.6 Å². The van der Waals surface area contributed by atoms with Crippen LogP contribution in [0.25, 0.3) is 0 Å². The molecule has 0 atom stereocenters. The molecule has 0 spiro atoms. The molecule has 2 N–H and O–H groups in total. The maximum Gasteiger partial charge on any atom is 0.262 e. The normalized spacial score (nSPS) is 14.0. The van der Waals surface area contributed by atoms with E-state index in [9.17, 15) is 14.4 Å². The van der Waals surface area contributed by atoms with E-state index in [0.29, 0.717) is 20.6 Å². The number of amides is 3. The number of likely N-dealkylation sites (tertiary alicyclic amines) is 1. The molecule has 2 heterocycles. The fraction of sp³-hybridized carbons (Fsp3) is 0.350. The third-order valence-electron chi connectivity index (χ3n) is 4.64. The van der Waals surface area contributed by atoms with Crippen molar-refractivity contribution in [3.8, 4) is 0 Å². The Kier molecular flexibility index (Phi) is 6.80. The summed E-state index contributed by atoms with van der Waals surface area (Å²) in [5.41, 5.74) is -0.00821. The van der Waals surface area contributed by atoms with Crippen LogP contribution in [-0.2, 0) is 4.79 Å². The maximum absolute atomic E-state index is 12.7. The third-order valence-corrected chi connectivity index (χ3v) is 6.92. The second-order valence-corrected chi connectivity index (χ2v) is 10.6. The van der Waals surface area contributed by atoms with Gasteiger partial charge in [-0.1, -0.05) is 0 Å². The summed E-state index contributed by atoms with van der Waals surface area (Å²) >= 11 is 8.06. The second kappa shape index (κ2) is 8.97. The summed E-state index contributed by atoms with van der Waals surface area (Å²) in [6.07, 6.45) is 2.06. The van der Waals surface area contributed by atoms with Gasteiger partial charge in [-0.2, -0.15) is 0 Å². The Balaban J connectivity index is 1.66. The monoisotopic (exact) mass is 541 g/mol. The molecule has 154 valence electrons. The number of thiophene rings is 1. The van der Waals surface area contributed by atoms with Crippen molar-refractivity contribution in [1.29, 1.82) is 0 Å². The minimum atomic E-state index is -1.12. The largest absolute Gasteiger partial charge is 0.339 e. The molecule has 2 aromatic rings. The lowest BCUT2D eigenvalue weighted by Gasteiger charge is -2.25. The quantitative estimate of drug-likeness (QED) is 0.577. The molecule has 0 unspecified atom stereocenters. The topological polar surface area (TPSA) is 78.5 Å². The third kappa shape index (κ3) is 5.26. The molecule has 9 heteroatoms. The average molecular weight is 543 g/mol. The van der Waals surface area contributed by atoms with E-state index in [-0.39, 0.29) is 17.7 Å². The first-order valence-electron chi connectivity index (χ1n) is 9.15. The summed E-state index contributed by atoms with van der Waals surface area (Å²) < 4.78 is 1.47. The van der Waals surface area contributed by atoms with E-state index in [1.807, 2.05) is 4.90 Å². The van der Waals surface area contributed by atoms with Gasteiger partial charge in [0, 0.05) is 23.2 Å². The Morgan fingerprint density at radius 1 is 1.07 bits per heavy atom. The molecule has 1 aromatic heterocycles. The van der Waals surface area contributed by atoms with Gasteiger partial charge in [0.15, 0.2) is 0 Å². The van der Waals surface area contributed by atoms with Crippen LogP contribution in [0, 0.1) is 0 Å². The number of anilines is 1. The van der Waals surface area contributed by atoms with Crippen LogP contribution in [0.5, 0.6) is 0 Å². The summed E-state index contributed by atoms with van der Waals surface area (Å²) in [4.78, 5) is 40.0. The molecule has 0 bridgehead atoms. The van der Waals surface area contributed by atoms with Crippen molar-refractivity contribution in [2.24, 2.45) is 0 Å². The first-order chi connectivity index (χ1) is 13.7. The molecular weight excluding hydrogens is 522 g/mol. The predicted molar refractivity (Wildman–Crippen MR) is 121 cm³/mol. The SMILES string of the molecule is CC(C)(NC(=O)c1ccc(Br)s1)C(=O)Nc1ccc(C(=O)N2CCCC2)c(Br)c1. The Labute approximate surface area is 190 Å². The zero-order valence-corrected chi connectivity index (χ0v) is 20.0. The van der Waals surface area contributed by atoms with Gasteiger partial charge >= 0.3 is 0 Å². The molecule has 0 aliphatic carbocycles. The predicted octanol–water partition coefficient (Wildman–Crippen LogP) is 4.66. The van der Waals surface area contributed by atoms with Gasteiger partial charge in [-0.25, -0.2) is 0 Å². The molecule has 3 amide bonds. The Morgan fingerprint density at radius 3 is 2.34 bits per heavy atom. The van der Waals surface area contributed by atoms with Crippen molar-refractivity contribution in [3.05, 3.63) is 49.0 Å². The lowest BCUT2D eigenvalue weighted by Crippen LogP contribution is -2.52. The number of benzene rings is 1. The molecule has 0 saturated carbocycles. The van der Waals surface area contributed by atoms with E-state index in [0.717, 1.165) is 29.7 Å². The number of hydrogen-bond acceptors (Lipinski definition) is 4. The van der Waals surface area contributed by atoms with E-state index in [1.165, 1.54) is 11.3 Å². The van der Waals surface area contributed by atoms with Crippen molar-refractivity contribution in [2.75, 3.05) is 18.4 Å². The van der Waals surface area contributed by atoms with E-state index >= 15 is 0 Å². The highest BCUT2D eigenvalue weighted by Gasteiger charge is 2.30. The van der Waals surface area contributed by atoms with Gasteiger partial charge < -0.3 is 15.5 Å². The molecule has 1 saturated heterocycles. The van der Waals surface area contributed by atoms with Crippen molar-refractivity contribution < 1.29 is 14.4 Å². The van der Waals surface area contributed by atoms with Crippen LogP contribution >= 0.6 is 43.2 Å². The summed E-state index contributed by atoms with van der Waals surface area (Å²) in [6.45, 7) is 4.84. The fourth-order valence-electron chi connectivity index (χ4n) is 2.98. The van der Waals surface area contributed by atoms with E-state index in [2.05, 4.69) is 42.5 Å². The summed E-state index contributed by atoms with van der Waals surface area (Å²) in [7, 11) is 0. The van der Waals surface area contributed by atoms with Crippen molar-refractivity contribution >= 4 is 66.6 Å². The molecule has 1 aromatic carbocycles. The number of rotatable bonds is 5. The molecule has 1 aliphatic rings. The van der Waals surface area contributed by atoms with Crippen LogP contribution in [0.4, 0.5) is 5.69 Å². The molecule has 3 rings (SSSR count). The van der Waals surface area contributed by atoms with Gasteiger partial charge in [-0.05, 0) is 88.9 Å². The number of halogens is 2. The minimum Gasteiger partial charge on any atom is -0.339 e. The zero-order valence-electron chi connectivity index (χ0n) is 16.1. The molecule has 6 nitrogen and oxygen atoms in total. The van der Waals surface area contributed by atoms with Crippen molar-refractivity contribution in [1.82, 2.24) is 10.2 Å². The van der Waals surface area contributed by atoms with Crippen LogP contribution < -0.4 is 10.6 Å². The highest BCUT2D eigenvalue weighted by molar-refractivity contribution is 9.11. The van der Waals surface area contributed by atoms with Crippen LogP contribution in [-0.4, -0.2) is 41.2 Å². The average Bonchev–Trinajstić information content (AvgIpc) is 3.32. The van der Waals surface area contributed by atoms with Gasteiger partial charge in [-0.3, -0.25) is 14.4 Å². The molecule has 1 fully saturated rings. The Morgan fingerprint density at radius 2 is 1.76 bits per heavy atom. The lowest BCUT2D eigenvalue weighted by molar-refractivity contribution is -0.120. The molecular formula is C20H21Br2N3O3S. The maximum atomic E-state index is 12.7. The van der Waals surface area contributed by atoms with Crippen LogP contribution in [0.2, 0.25) is 0 Å². The van der Waals surface area contributed by atoms with E-state index < -0.39 is 5.54 Å². The first kappa shape index (κ1) is 22.0. The van der Waals surface area contributed by atoms with Crippen molar-refractivity contribution in [3.63, 3.8) is 0 Å². The lowest BCUT2D eigenvalue weighted by atomic mass is 10.0. The summed E-state index contributed by atoms with van der Waals surface area (Å²) in [6, 6.07) is 8.59. The highest BCUT2D eigenvalue weighted by Crippen LogP contribution is 2.26. The van der Waals surface area contributed by atoms with E-state index in [1.54, 1.807) is 44.2 Å². The van der Waals surface area contributed by atoms with Crippen LogP contribution in [0.3, 0.4) is 0 Å². The number of carbonyl (C=O) groups is 3. The Hall–Kier alpha value is -1.71. The highest BCUT2D eigenvalue weighted by atomic mass is 79.9. The van der Waals surface area contributed by atoms with Gasteiger partial charge in [-0.15, -0.1) is 11.3 Å². The number of nitrogens with one attached hydrogen (secondary N) is 2. The number of hydrogen-bond donors (Lipinski definition) is 2. The Bertz CT molecular complexity index is 952. The van der Waals surface area contributed by atoms with Crippen LogP contribution in [0.1, 0.15) is 46.7 Å². The standard InChI is InChI=1S/C20H21Br2N3O3S/c1-20(2,24-17(26)15-7-8-16(22)29-15)19(28)23-12-5-6-13(14(21)11-12)18(27)25-9-3-4-10-25/h5-8,11H,3-4,9-10H2,1-2H3,(H,23,28)(H,24,26). The summed E-state index contributed by atoms with van der Waals surface area (Å²) in [5.74, 6) is -0.678. The number of carbonyl (C=O) groups excluding carboxylic acids is 3. The summed E-state index contributed by atoms with van der Waals surface area (Å²) in [5, 5.41) is 5.56. The molecule has 29 heavy (non-hydrogen) atoms. The van der Waals surface area contributed by atoms with Gasteiger partial charge in [0.25, 0.3) is 11.8 Å². The van der Waals surface area contributed by atoms with Gasteiger partial charge in [0.2, 0.25) is 5.91 Å². The molecule has 1 aliphatic heterocycles. The fourth-order valence-corrected chi connectivity index (χ4v) is 4.81. The zero-order chi connectivity index (χ0) is 21.2. The smallest absolute Gasteiger partial charge is 0.262 e. The minimum absolute atomic E-state index is 0.0121. The number of nitrogens with zero attached hydrogens (tertiary/aromatic N) is 1. The van der Waals surface area contributed by atoms with Gasteiger partial charge in [0.05, 0.1) is 14.2 Å². The van der Waals surface area contributed by atoms with E-state index in [4.69, 9.17) is 0 Å². The van der Waals surface area contributed by atoms with Gasteiger partial charge in [0.1, 0.15) is 5.54 Å². The second-order valence-electron chi connectivity index (χ2n) is 7.33.